The molecule has 0 heterocycles. The van der Waals surface area contributed by atoms with Gasteiger partial charge in [-0.2, -0.15) is 5.26 Å². The lowest BCUT2D eigenvalue weighted by Crippen LogP contribution is -2.38. The topological polar surface area (TPSA) is 45.0 Å². The molecule has 1 aliphatic carbocycles. The average Bonchev–Trinajstić information content (AvgIpc) is 2.47. The van der Waals surface area contributed by atoms with E-state index < -0.39 is 0 Å². The van der Waals surface area contributed by atoms with Gasteiger partial charge < -0.3 is 10.1 Å². The van der Waals surface area contributed by atoms with Crippen LogP contribution in [0.25, 0.3) is 0 Å². The number of nitrogens with zero attached hydrogens (tertiary/aromatic N) is 1. The Kier molecular flexibility index (Phi) is 4.95. The summed E-state index contributed by atoms with van der Waals surface area (Å²) in [7, 11) is 1.80. The first-order chi connectivity index (χ1) is 9.22. The fourth-order valence-corrected chi connectivity index (χ4v) is 2.81. The van der Waals surface area contributed by atoms with Crippen LogP contribution in [0.3, 0.4) is 0 Å². The van der Waals surface area contributed by atoms with E-state index in [2.05, 4.69) is 18.3 Å². The first-order valence-electron chi connectivity index (χ1n) is 7.02. The van der Waals surface area contributed by atoms with E-state index in [-0.39, 0.29) is 0 Å². The highest BCUT2D eigenvalue weighted by Crippen LogP contribution is 2.23. The Morgan fingerprint density at radius 3 is 2.68 bits per heavy atom. The van der Waals surface area contributed by atoms with E-state index in [0.29, 0.717) is 23.8 Å². The predicted molar refractivity (Wildman–Crippen MR) is 75.8 cm³/mol. The lowest BCUT2D eigenvalue weighted by molar-refractivity contribution is 0.0572. The van der Waals surface area contributed by atoms with Gasteiger partial charge in [-0.1, -0.05) is 12.1 Å². The largest absolute Gasteiger partial charge is 0.381 e. The molecule has 0 saturated heterocycles. The number of methoxy groups -OCH3 is 1. The minimum Gasteiger partial charge on any atom is -0.381 e. The zero-order valence-corrected chi connectivity index (χ0v) is 11.7. The molecule has 102 valence electrons. The van der Waals surface area contributed by atoms with E-state index in [1.54, 1.807) is 7.11 Å². The molecule has 0 radical (unpaired) electrons. The zero-order valence-electron chi connectivity index (χ0n) is 11.7. The van der Waals surface area contributed by atoms with Gasteiger partial charge in [-0.05, 0) is 50.3 Å². The highest BCUT2D eigenvalue weighted by Gasteiger charge is 2.22. The van der Waals surface area contributed by atoms with Crippen LogP contribution in [0.5, 0.6) is 0 Å². The summed E-state index contributed by atoms with van der Waals surface area (Å²) in [5.41, 5.74) is 1.95. The van der Waals surface area contributed by atoms with Crippen molar-refractivity contribution in [2.75, 3.05) is 7.11 Å². The lowest BCUT2D eigenvalue weighted by atomic mass is 9.92. The van der Waals surface area contributed by atoms with Crippen molar-refractivity contribution in [3.05, 3.63) is 35.4 Å². The molecule has 2 rings (SSSR count). The van der Waals surface area contributed by atoms with Crippen LogP contribution >= 0.6 is 0 Å². The molecule has 1 aliphatic rings. The number of nitrogens with one attached hydrogen (secondary N) is 1. The summed E-state index contributed by atoms with van der Waals surface area (Å²) < 4.78 is 5.46. The van der Waals surface area contributed by atoms with Gasteiger partial charge in [0.05, 0.1) is 17.7 Å². The summed E-state index contributed by atoms with van der Waals surface area (Å²) in [6.07, 6.45) is 5.13. The number of hydrogen-bond donors (Lipinski definition) is 1. The first kappa shape index (κ1) is 14.0. The summed E-state index contributed by atoms with van der Waals surface area (Å²) in [6.45, 7) is 2.18. The van der Waals surface area contributed by atoms with E-state index in [1.807, 2.05) is 24.3 Å². The van der Waals surface area contributed by atoms with Gasteiger partial charge in [-0.3, -0.25) is 0 Å². The maximum Gasteiger partial charge on any atom is 0.0991 e. The molecule has 3 nitrogen and oxygen atoms in total. The molecule has 1 aromatic rings. The summed E-state index contributed by atoms with van der Waals surface area (Å²) in [6, 6.07) is 10.8. The van der Waals surface area contributed by atoms with Crippen molar-refractivity contribution < 1.29 is 4.74 Å². The molecule has 1 fully saturated rings. The standard InChI is InChI=1S/C16H22N2O/c1-12(14-8-6-13(11-17)7-9-14)18-15-4-3-5-16(10-15)19-2/h6-9,12,15-16,18H,3-5,10H2,1-2H3. The Balaban J connectivity index is 1.92. The van der Waals surface area contributed by atoms with Crippen molar-refractivity contribution in [1.29, 1.82) is 5.26 Å². The number of ether oxygens (including phenoxy) is 1. The Morgan fingerprint density at radius 1 is 1.32 bits per heavy atom. The van der Waals surface area contributed by atoms with E-state index in [9.17, 15) is 0 Å². The zero-order chi connectivity index (χ0) is 13.7. The van der Waals surface area contributed by atoms with Gasteiger partial charge in [0.2, 0.25) is 0 Å². The van der Waals surface area contributed by atoms with Crippen LogP contribution in [0.2, 0.25) is 0 Å². The maximum atomic E-state index is 8.80. The molecule has 0 amide bonds. The third kappa shape index (κ3) is 3.79. The van der Waals surface area contributed by atoms with Gasteiger partial charge in [0.15, 0.2) is 0 Å². The Labute approximate surface area is 115 Å². The SMILES string of the molecule is COC1CCCC(NC(C)c2ccc(C#N)cc2)C1. The minimum absolute atomic E-state index is 0.313. The van der Waals surface area contributed by atoms with Crippen molar-refractivity contribution in [3.63, 3.8) is 0 Å². The number of hydrogen-bond acceptors (Lipinski definition) is 3. The van der Waals surface area contributed by atoms with Crippen LogP contribution in [0.4, 0.5) is 0 Å². The van der Waals surface area contributed by atoms with Crippen molar-refractivity contribution in [3.8, 4) is 6.07 Å². The van der Waals surface area contributed by atoms with E-state index in [1.165, 1.54) is 24.8 Å². The highest BCUT2D eigenvalue weighted by atomic mass is 16.5. The molecule has 1 aromatic carbocycles. The molecule has 0 bridgehead atoms. The average molecular weight is 258 g/mol. The van der Waals surface area contributed by atoms with Crippen molar-refractivity contribution in [2.45, 2.75) is 50.8 Å². The molecule has 0 spiro atoms. The van der Waals surface area contributed by atoms with Crippen molar-refractivity contribution in [1.82, 2.24) is 5.32 Å². The van der Waals surface area contributed by atoms with Gasteiger partial charge in [0.25, 0.3) is 0 Å². The second-order valence-corrected chi connectivity index (χ2v) is 5.34. The van der Waals surface area contributed by atoms with Crippen LogP contribution in [0.1, 0.15) is 49.8 Å². The summed E-state index contributed by atoms with van der Waals surface area (Å²) in [5, 5.41) is 12.5. The van der Waals surface area contributed by atoms with Crippen LogP contribution in [-0.2, 0) is 4.74 Å². The van der Waals surface area contributed by atoms with E-state index in [0.717, 1.165) is 6.42 Å². The van der Waals surface area contributed by atoms with E-state index in [4.69, 9.17) is 10.00 Å². The van der Waals surface area contributed by atoms with Crippen molar-refractivity contribution in [2.24, 2.45) is 0 Å². The van der Waals surface area contributed by atoms with Crippen molar-refractivity contribution >= 4 is 0 Å². The fraction of sp³-hybridized carbons (Fsp3) is 0.562. The van der Waals surface area contributed by atoms with Crippen LogP contribution in [0.15, 0.2) is 24.3 Å². The molecule has 3 atom stereocenters. The van der Waals surface area contributed by atoms with E-state index >= 15 is 0 Å². The molecule has 3 unspecified atom stereocenters. The van der Waals surface area contributed by atoms with Gasteiger partial charge in [-0.15, -0.1) is 0 Å². The predicted octanol–water partition coefficient (Wildman–Crippen LogP) is 3.17. The van der Waals surface area contributed by atoms with Crippen LogP contribution in [-0.4, -0.2) is 19.3 Å². The molecule has 0 aliphatic heterocycles. The third-order valence-electron chi connectivity index (χ3n) is 3.98. The van der Waals surface area contributed by atoms with Gasteiger partial charge in [-0.25, -0.2) is 0 Å². The summed E-state index contributed by atoms with van der Waals surface area (Å²) in [4.78, 5) is 0. The molecular weight excluding hydrogens is 236 g/mol. The van der Waals surface area contributed by atoms with Crippen LogP contribution < -0.4 is 5.32 Å². The molecule has 19 heavy (non-hydrogen) atoms. The lowest BCUT2D eigenvalue weighted by Gasteiger charge is -2.31. The first-order valence-corrected chi connectivity index (χ1v) is 7.02. The number of rotatable bonds is 4. The molecule has 3 heteroatoms. The number of nitriles is 1. The quantitative estimate of drug-likeness (QED) is 0.902. The Bertz CT molecular complexity index is 435. The Morgan fingerprint density at radius 2 is 2.05 bits per heavy atom. The Hall–Kier alpha value is -1.37. The minimum atomic E-state index is 0.313. The van der Waals surface area contributed by atoms with Crippen LogP contribution in [0, 0.1) is 11.3 Å². The summed E-state index contributed by atoms with van der Waals surface area (Å²) >= 11 is 0. The maximum absolute atomic E-state index is 8.80. The number of benzene rings is 1. The molecular formula is C16H22N2O. The molecule has 0 aromatic heterocycles. The fourth-order valence-electron chi connectivity index (χ4n) is 2.81. The summed E-state index contributed by atoms with van der Waals surface area (Å²) in [5.74, 6) is 0. The van der Waals surface area contributed by atoms with Gasteiger partial charge >= 0.3 is 0 Å². The van der Waals surface area contributed by atoms with Gasteiger partial charge in [0.1, 0.15) is 0 Å². The second kappa shape index (κ2) is 6.70. The monoisotopic (exact) mass is 258 g/mol. The smallest absolute Gasteiger partial charge is 0.0991 e. The highest BCUT2D eigenvalue weighted by molar-refractivity contribution is 5.32. The second-order valence-electron chi connectivity index (χ2n) is 5.34. The van der Waals surface area contributed by atoms with Gasteiger partial charge in [0, 0.05) is 19.2 Å². The molecule has 1 N–H and O–H groups in total. The molecule has 1 saturated carbocycles. The third-order valence-corrected chi connectivity index (χ3v) is 3.98. The normalized spacial score (nSPS) is 24.7.